The average Bonchev–Trinajstić information content (AvgIpc) is 2.79. The second kappa shape index (κ2) is 8.14. The number of hydrogen-bond acceptors (Lipinski definition) is 3. The molecule has 0 radical (unpaired) electrons. The van der Waals surface area contributed by atoms with Gasteiger partial charge >= 0.3 is 0 Å². The van der Waals surface area contributed by atoms with Crippen molar-refractivity contribution in [3.05, 3.63) is 77.9 Å². The van der Waals surface area contributed by atoms with Gasteiger partial charge in [-0.15, -0.1) is 0 Å². The maximum atomic E-state index is 13.4. The van der Waals surface area contributed by atoms with Crippen LogP contribution in [0.5, 0.6) is 0 Å². The molecule has 0 aliphatic carbocycles. The third-order valence-corrected chi connectivity index (χ3v) is 8.62. The molecule has 1 saturated heterocycles. The summed E-state index contributed by atoms with van der Waals surface area (Å²) in [6.45, 7) is 4.41. The Hall–Kier alpha value is -2.21. The molecule has 4 nitrogen and oxygen atoms in total. The van der Waals surface area contributed by atoms with Crippen molar-refractivity contribution >= 4 is 20.8 Å². The van der Waals surface area contributed by atoms with Crippen molar-refractivity contribution in [2.24, 2.45) is 5.92 Å². The molecule has 2 aliphatic heterocycles. The molecular formula is C25H28N2O2S. The molecule has 5 rings (SSSR count). The van der Waals surface area contributed by atoms with Crippen molar-refractivity contribution in [2.75, 3.05) is 26.2 Å². The first kappa shape index (κ1) is 19.7. The van der Waals surface area contributed by atoms with Crippen LogP contribution in [0.2, 0.25) is 0 Å². The molecule has 0 unspecified atom stereocenters. The molecule has 0 amide bonds. The van der Waals surface area contributed by atoms with E-state index < -0.39 is 10.0 Å². The molecule has 0 N–H and O–H groups in total. The standard InChI is InChI=1S/C25H28N2O2S/c28-30(29,25-11-5-9-22-7-3-4-10-24(22)25)27-16-12-20(13-17-27)18-26-15-14-21-6-1-2-8-23(21)19-26/h1-11,20H,12-19H2. The number of piperidine rings is 1. The van der Waals surface area contributed by atoms with E-state index in [1.165, 1.54) is 11.1 Å². The molecule has 5 heteroatoms. The summed E-state index contributed by atoms with van der Waals surface area (Å²) in [4.78, 5) is 2.98. The number of nitrogens with zero attached hydrogens (tertiary/aromatic N) is 2. The minimum absolute atomic E-state index is 0.437. The predicted molar refractivity (Wildman–Crippen MR) is 121 cm³/mol. The zero-order chi connectivity index (χ0) is 20.6. The van der Waals surface area contributed by atoms with Crippen molar-refractivity contribution in [1.29, 1.82) is 0 Å². The van der Waals surface area contributed by atoms with Crippen molar-refractivity contribution in [3.8, 4) is 0 Å². The van der Waals surface area contributed by atoms with Gasteiger partial charge in [-0.2, -0.15) is 4.31 Å². The molecular weight excluding hydrogens is 392 g/mol. The van der Waals surface area contributed by atoms with E-state index in [0.29, 0.717) is 23.9 Å². The summed E-state index contributed by atoms with van der Waals surface area (Å²) < 4.78 is 28.4. The topological polar surface area (TPSA) is 40.6 Å². The molecule has 30 heavy (non-hydrogen) atoms. The summed E-state index contributed by atoms with van der Waals surface area (Å²) in [6, 6.07) is 22.0. The summed E-state index contributed by atoms with van der Waals surface area (Å²) in [5.74, 6) is 0.564. The van der Waals surface area contributed by atoms with Crippen LogP contribution in [-0.4, -0.2) is 43.8 Å². The predicted octanol–water partition coefficient (Wildman–Crippen LogP) is 4.30. The van der Waals surface area contributed by atoms with Gasteiger partial charge in [0.05, 0.1) is 4.90 Å². The Bertz CT molecular complexity index is 1150. The van der Waals surface area contributed by atoms with Gasteiger partial charge in [0, 0.05) is 38.1 Å². The monoisotopic (exact) mass is 420 g/mol. The van der Waals surface area contributed by atoms with Crippen LogP contribution in [0.4, 0.5) is 0 Å². The van der Waals surface area contributed by atoms with E-state index in [1.54, 1.807) is 10.4 Å². The Labute approximate surface area is 179 Å². The lowest BCUT2D eigenvalue weighted by Gasteiger charge is -2.36. The van der Waals surface area contributed by atoms with Crippen LogP contribution in [0.25, 0.3) is 10.8 Å². The SMILES string of the molecule is O=S(=O)(c1cccc2ccccc12)N1CCC(CN2CCc3ccccc3C2)CC1. The van der Waals surface area contributed by atoms with Gasteiger partial charge in [-0.3, -0.25) is 4.90 Å². The molecule has 3 aromatic carbocycles. The van der Waals surface area contributed by atoms with Gasteiger partial charge in [0.1, 0.15) is 0 Å². The molecule has 0 bridgehead atoms. The van der Waals surface area contributed by atoms with Gasteiger partial charge in [0.15, 0.2) is 0 Å². The highest BCUT2D eigenvalue weighted by molar-refractivity contribution is 7.89. The summed E-state index contributed by atoms with van der Waals surface area (Å²) in [7, 11) is -3.47. The first-order valence-electron chi connectivity index (χ1n) is 10.9. The smallest absolute Gasteiger partial charge is 0.243 e. The van der Waals surface area contributed by atoms with Crippen LogP contribution >= 0.6 is 0 Å². The normalized spacial score (nSPS) is 19.1. The first-order chi connectivity index (χ1) is 14.6. The second-order valence-corrected chi connectivity index (χ2v) is 10.5. The van der Waals surface area contributed by atoms with Crippen LogP contribution in [0.15, 0.2) is 71.6 Å². The van der Waals surface area contributed by atoms with E-state index in [9.17, 15) is 8.42 Å². The Balaban J connectivity index is 1.25. The summed E-state index contributed by atoms with van der Waals surface area (Å²) in [5, 5.41) is 1.79. The number of rotatable bonds is 4. The lowest BCUT2D eigenvalue weighted by molar-refractivity contribution is 0.171. The van der Waals surface area contributed by atoms with E-state index in [1.807, 2.05) is 36.4 Å². The molecule has 2 aliphatic rings. The lowest BCUT2D eigenvalue weighted by atomic mass is 9.94. The molecule has 0 atom stereocenters. The van der Waals surface area contributed by atoms with Gasteiger partial charge in [0.2, 0.25) is 10.0 Å². The molecule has 0 saturated carbocycles. The third-order valence-electron chi connectivity index (χ3n) is 6.67. The van der Waals surface area contributed by atoms with Crippen LogP contribution < -0.4 is 0 Å². The fraction of sp³-hybridized carbons (Fsp3) is 0.360. The molecule has 0 spiro atoms. The van der Waals surface area contributed by atoms with E-state index >= 15 is 0 Å². The zero-order valence-corrected chi connectivity index (χ0v) is 18.0. The zero-order valence-electron chi connectivity index (χ0n) is 17.2. The van der Waals surface area contributed by atoms with Gasteiger partial charge < -0.3 is 0 Å². The largest absolute Gasteiger partial charge is 0.298 e. The van der Waals surface area contributed by atoms with E-state index in [2.05, 4.69) is 29.2 Å². The van der Waals surface area contributed by atoms with E-state index in [4.69, 9.17) is 0 Å². The average molecular weight is 421 g/mol. The number of fused-ring (bicyclic) bond motifs is 2. The minimum Gasteiger partial charge on any atom is -0.298 e. The Morgan fingerprint density at radius 1 is 0.800 bits per heavy atom. The number of benzene rings is 3. The van der Waals surface area contributed by atoms with Crippen LogP contribution in [0.1, 0.15) is 24.0 Å². The van der Waals surface area contributed by atoms with Gasteiger partial charge in [-0.25, -0.2) is 8.42 Å². The van der Waals surface area contributed by atoms with Crippen molar-refractivity contribution in [2.45, 2.75) is 30.7 Å². The molecule has 1 fully saturated rings. The number of hydrogen-bond donors (Lipinski definition) is 0. The Morgan fingerprint density at radius 2 is 1.50 bits per heavy atom. The van der Waals surface area contributed by atoms with Gasteiger partial charge in [-0.05, 0) is 47.8 Å². The van der Waals surface area contributed by atoms with E-state index in [0.717, 1.165) is 49.7 Å². The molecule has 0 aromatic heterocycles. The fourth-order valence-corrected chi connectivity index (χ4v) is 6.65. The summed E-state index contributed by atoms with van der Waals surface area (Å²) in [5.41, 5.74) is 2.92. The van der Waals surface area contributed by atoms with Crippen molar-refractivity contribution in [3.63, 3.8) is 0 Å². The van der Waals surface area contributed by atoms with Crippen molar-refractivity contribution in [1.82, 2.24) is 9.21 Å². The Morgan fingerprint density at radius 3 is 2.33 bits per heavy atom. The highest BCUT2D eigenvalue weighted by Crippen LogP contribution is 2.30. The molecule has 3 aromatic rings. The highest BCUT2D eigenvalue weighted by Gasteiger charge is 2.31. The Kier molecular flexibility index (Phi) is 5.35. The molecule has 2 heterocycles. The third kappa shape index (κ3) is 3.78. The van der Waals surface area contributed by atoms with Gasteiger partial charge in [0.25, 0.3) is 0 Å². The van der Waals surface area contributed by atoms with E-state index in [-0.39, 0.29) is 0 Å². The van der Waals surface area contributed by atoms with Crippen LogP contribution in [-0.2, 0) is 23.0 Å². The minimum atomic E-state index is -3.47. The lowest BCUT2D eigenvalue weighted by Crippen LogP contribution is -2.42. The van der Waals surface area contributed by atoms with Crippen LogP contribution in [0, 0.1) is 5.92 Å². The van der Waals surface area contributed by atoms with Gasteiger partial charge in [-0.1, -0.05) is 60.7 Å². The maximum absolute atomic E-state index is 13.4. The summed E-state index contributed by atoms with van der Waals surface area (Å²) in [6.07, 6.45) is 2.98. The maximum Gasteiger partial charge on any atom is 0.243 e. The quantitative estimate of drug-likeness (QED) is 0.632. The fourth-order valence-electron chi connectivity index (χ4n) is 4.97. The van der Waals surface area contributed by atoms with Crippen LogP contribution in [0.3, 0.4) is 0 Å². The summed E-state index contributed by atoms with van der Waals surface area (Å²) >= 11 is 0. The first-order valence-corrected chi connectivity index (χ1v) is 12.3. The highest BCUT2D eigenvalue weighted by atomic mass is 32.2. The number of sulfonamides is 1. The van der Waals surface area contributed by atoms with Crippen molar-refractivity contribution < 1.29 is 8.42 Å². The second-order valence-electron chi connectivity index (χ2n) is 8.58. The molecule has 156 valence electrons.